The number of hydrogen-bond acceptors (Lipinski definition) is 2. The summed E-state index contributed by atoms with van der Waals surface area (Å²) < 4.78 is 33.4. The van der Waals surface area contributed by atoms with Crippen molar-refractivity contribution in [3.63, 3.8) is 0 Å². The average Bonchev–Trinajstić information content (AvgIpc) is 1.62. The second kappa shape index (κ2) is 2.38. The average molecular weight is 163 g/mol. The van der Waals surface area contributed by atoms with Crippen LogP contribution in [0.4, 0.5) is 13.2 Å². The van der Waals surface area contributed by atoms with Crippen LogP contribution in [0, 0.1) is 10.1 Å². The lowest BCUT2D eigenvalue weighted by Gasteiger charge is -2.03. The number of alkyl halides is 4. The molecule has 0 amide bonds. The predicted molar refractivity (Wildman–Crippen MR) is 22.7 cm³/mol. The molecule has 0 fully saturated rings. The molecule has 0 aliphatic rings. The van der Waals surface area contributed by atoms with Crippen LogP contribution < -0.4 is 0 Å². The van der Waals surface area contributed by atoms with Gasteiger partial charge in [0.1, 0.15) is 0 Å². The van der Waals surface area contributed by atoms with E-state index in [-0.39, 0.29) is 0 Å². The highest BCUT2D eigenvalue weighted by Crippen LogP contribution is 2.24. The van der Waals surface area contributed by atoms with Crippen LogP contribution in [-0.4, -0.2) is 16.6 Å². The summed E-state index contributed by atoms with van der Waals surface area (Å²) in [5.41, 5.74) is -2.99. The highest BCUT2D eigenvalue weighted by molar-refractivity contribution is 6.19. The topological polar surface area (TPSA) is 43.1 Å². The van der Waals surface area contributed by atoms with Gasteiger partial charge in [0.15, 0.2) is 0 Å². The number of halogens is 4. The number of nitro groups is 1. The fourth-order valence-corrected chi connectivity index (χ4v) is 0.120. The lowest BCUT2D eigenvalue weighted by molar-refractivity contribution is -0.537. The van der Waals surface area contributed by atoms with Crippen LogP contribution >= 0.6 is 11.6 Å². The number of rotatable bonds is 1. The molecule has 54 valence electrons. The Bertz CT molecular complexity index is 123. The second-order valence-corrected chi connectivity index (χ2v) is 1.58. The van der Waals surface area contributed by atoms with E-state index in [2.05, 4.69) is 11.6 Å². The Balaban J connectivity index is 4.04. The van der Waals surface area contributed by atoms with Crippen molar-refractivity contribution in [2.75, 3.05) is 0 Å². The molecule has 1 unspecified atom stereocenters. The molecule has 0 N–H and O–H groups in total. The standard InChI is InChI=1S/C2HClF3NO2/c3-1(7(8)9)2(4,5)6/h1H. The third-order valence-corrected chi connectivity index (χ3v) is 0.862. The normalized spacial score (nSPS) is 15.1. The molecule has 0 aromatic carbocycles. The van der Waals surface area contributed by atoms with Crippen molar-refractivity contribution in [2.24, 2.45) is 0 Å². The molecule has 0 aromatic rings. The van der Waals surface area contributed by atoms with Crippen LogP contribution in [0.2, 0.25) is 0 Å². The molecule has 9 heavy (non-hydrogen) atoms. The van der Waals surface area contributed by atoms with Gasteiger partial charge in [-0.1, -0.05) is 0 Å². The van der Waals surface area contributed by atoms with Crippen LogP contribution in [0.5, 0.6) is 0 Å². The number of nitrogens with zero attached hydrogens (tertiary/aromatic N) is 1. The zero-order chi connectivity index (χ0) is 7.65. The predicted octanol–water partition coefficient (Wildman–Crippen LogP) is 1.39. The summed E-state index contributed by atoms with van der Waals surface area (Å²) in [4.78, 5) is 7.69. The summed E-state index contributed by atoms with van der Waals surface area (Å²) in [5.74, 6) is 0. The maximum Gasteiger partial charge on any atom is 0.473 e. The Morgan fingerprint density at radius 3 is 1.89 bits per heavy atom. The van der Waals surface area contributed by atoms with Crippen molar-refractivity contribution in [1.29, 1.82) is 0 Å². The van der Waals surface area contributed by atoms with Crippen molar-refractivity contribution in [3.05, 3.63) is 10.1 Å². The van der Waals surface area contributed by atoms with Gasteiger partial charge in [-0.2, -0.15) is 13.2 Å². The van der Waals surface area contributed by atoms with Crippen LogP contribution in [0.3, 0.4) is 0 Å². The van der Waals surface area contributed by atoms with E-state index in [4.69, 9.17) is 0 Å². The Labute approximate surface area is 52.6 Å². The molecule has 0 saturated carbocycles. The molecular formula is C2HClF3NO2. The maximum atomic E-state index is 11.1. The van der Waals surface area contributed by atoms with Gasteiger partial charge < -0.3 is 0 Å². The lowest BCUT2D eigenvalue weighted by atomic mass is 10.6. The van der Waals surface area contributed by atoms with Gasteiger partial charge in [0.25, 0.3) is 0 Å². The molecule has 3 nitrogen and oxygen atoms in total. The summed E-state index contributed by atoms with van der Waals surface area (Å²) in [6.07, 6.45) is -4.95. The van der Waals surface area contributed by atoms with Gasteiger partial charge in [0, 0.05) is 4.92 Å². The zero-order valence-electron chi connectivity index (χ0n) is 3.85. The van der Waals surface area contributed by atoms with Crippen LogP contribution in [0.1, 0.15) is 0 Å². The van der Waals surface area contributed by atoms with Crippen LogP contribution in [-0.2, 0) is 0 Å². The van der Waals surface area contributed by atoms with Gasteiger partial charge in [-0.3, -0.25) is 10.1 Å². The Kier molecular flexibility index (Phi) is 2.25. The summed E-state index contributed by atoms with van der Waals surface area (Å²) in [6, 6.07) is 0. The third kappa shape index (κ3) is 2.50. The number of hydrogen-bond donors (Lipinski definition) is 0. The van der Waals surface area contributed by atoms with Gasteiger partial charge in [-0.25, -0.2) is 0 Å². The van der Waals surface area contributed by atoms with Crippen molar-refractivity contribution in [1.82, 2.24) is 0 Å². The molecular weight excluding hydrogens is 162 g/mol. The van der Waals surface area contributed by atoms with Crippen molar-refractivity contribution >= 4 is 11.6 Å². The van der Waals surface area contributed by atoms with E-state index in [0.717, 1.165) is 0 Å². The lowest BCUT2D eigenvalue weighted by Crippen LogP contribution is -2.30. The molecule has 0 bridgehead atoms. The molecule has 0 aliphatic heterocycles. The molecule has 1 atom stereocenters. The Morgan fingerprint density at radius 1 is 1.56 bits per heavy atom. The van der Waals surface area contributed by atoms with E-state index >= 15 is 0 Å². The minimum absolute atomic E-state index is 1.61. The molecule has 0 saturated heterocycles. The van der Waals surface area contributed by atoms with E-state index in [1.165, 1.54) is 0 Å². The first-order valence-electron chi connectivity index (χ1n) is 1.70. The monoisotopic (exact) mass is 163 g/mol. The van der Waals surface area contributed by atoms with Crippen molar-refractivity contribution in [2.45, 2.75) is 11.7 Å². The van der Waals surface area contributed by atoms with E-state index < -0.39 is 16.6 Å². The van der Waals surface area contributed by atoms with E-state index in [1.54, 1.807) is 0 Å². The van der Waals surface area contributed by atoms with Gasteiger partial charge in [-0.15, -0.1) is 0 Å². The zero-order valence-corrected chi connectivity index (χ0v) is 4.61. The largest absolute Gasteiger partial charge is 0.473 e. The maximum absolute atomic E-state index is 11.1. The van der Waals surface area contributed by atoms with E-state index in [9.17, 15) is 23.3 Å². The van der Waals surface area contributed by atoms with Gasteiger partial charge >= 0.3 is 11.7 Å². The van der Waals surface area contributed by atoms with Crippen LogP contribution in [0.25, 0.3) is 0 Å². The van der Waals surface area contributed by atoms with Gasteiger partial charge in [0.05, 0.1) is 0 Å². The van der Waals surface area contributed by atoms with E-state index in [1.807, 2.05) is 0 Å². The Hall–Kier alpha value is -0.520. The second-order valence-electron chi connectivity index (χ2n) is 1.16. The Morgan fingerprint density at radius 2 is 1.89 bits per heavy atom. The minimum atomic E-state index is -4.95. The molecule has 7 heteroatoms. The quantitative estimate of drug-likeness (QED) is 0.254. The fourth-order valence-electron chi connectivity index (χ4n) is 0.120. The van der Waals surface area contributed by atoms with Crippen LogP contribution in [0.15, 0.2) is 0 Å². The van der Waals surface area contributed by atoms with E-state index in [0.29, 0.717) is 0 Å². The molecule has 0 heterocycles. The summed E-state index contributed by atoms with van der Waals surface area (Å²) in [6.45, 7) is 0. The molecule has 0 aliphatic carbocycles. The first kappa shape index (κ1) is 8.48. The van der Waals surface area contributed by atoms with Gasteiger partial charge in [-0.05, 0) is 11.6 Å². The summed E-state index contributed by atoms with van der Waals surface area (Å²) in [7, 11) is 0. The van der Waals surface area contributed by atoms with Gasteiger partial charge in [0.2, 0.25) is 0 Å². The highest BCUT2D eigenvalue weighted by atomic mass is 35.5. The summed E-state index contributed by atoms with van der Waals surface area (Å²) in [5, 5.41) is 9.30. The van der Waals surface area contributed by atoms with Crippen molar-refractivity contribution in [3.8, 4) is 0 Å². The molecule has 0 spiro atoms. The third-order valence-electron chi connectivity index (χ3n) is 0.455. The fraction of sp³-hybridized carbons (Fsp3) is 1.00. The first-order valence-corrected chi connectivity index (χ1v) is 2.13. The molecule has 0 aromatic heterocycles. The first-order chi connectivity index (χ1) is 3.85. The highest BCUT2D eigenvalue weighted by Gasteiger charge is 2.48. The van der Waals surface area contributed by atoms with Crippen molar-refractivity contribution < 1.29 is 18.1 Å². The summed E-state index contributed by atoms with van der Waals surface area (Å²) >= 11 is 4.27. The molecule has 0 radical (unpaired) electrons. The molecule has 0 rings (SSSR count). The SMILES string of the molecule is O=[N+]([O-])C(Cl)C(F)(F)F. The minimum Gasteiger partial charge on any atom is -0.263 e. The smallest absolute Gasteiger partial charge is 0.263 e.